The smallest absolute Gasteiger partial charge is 0.407 e. The van der Waals surface area contributed by atoms with Crippen molar-refractivity contribution in [3.63, 3.8) is 0 Å². The van der Waals surface area contributed by atoms with E-state index in [0.29, 0.717) is 0 Å². The van der Waals surface area contributed by atoms with E-state index in [2.05, 4.69) is 17.4 Å². The molecule has 2 amide bonds. The van der Waals surface area contributed by atoms with Gasteiger partial charge in [0.05, 0.1) is 25.9 Å². The number of morpholine rings is 1. The van der Waals surface area contributed by atoms with Crippen LogP contribution >= 0.6 is 0 Å². The lowest BCUT2D eigenvalue weighted by Gasteiger charge is -2.39. The average molecular weight is 559 g/mol. The predicted molar refractivity (Wildman–Crippen MR) is 151 cm³/mol. The van der Waals surface area contributed by atoms with E-state index in [0.717, 1.165) is 27.8 Å². The molecule has 3 aromatic rings. The number of ether oxygens (including phenoxy) is 3. The van der Waals surface area contributed by atoms with Gasteiger partial charge in [0, 0.05) is 12.5 Å². The van der Waals surface area contributed by atoms with Crippen LogP contribution < -0.4 is 5.32 Å². The lowest BCUT2D eigenvalue weighted by Crippen LogP contribution is -2.61. The maximum absolute atomic E-state index is 13.7. The second-order valence-corrected chi connectivity index (χ2v) is 10.6. The van der Waals surface area contributed by atoms with E-state index in [4.69, 9.17) is 14.2 Å². The van der Waals surface area contributed by atoms with E-state index in [-0.39, 0.29) is 38.8 Å². The van der Waals surface area contributed by atoms with Crippen LogP contribution in [0.5, 0.6) is 0 Å². The molecule has 0 saturated carbocycles. The third kappa shape index (κ3) is 6.11. The molecule has 3 atom stereocenters. The number of fused-ring (bicyclic) bond motifs is 3. The molecule has 5 rings (SSSR count). The van der Waals surface area contributed by atoms with Gasteiger partial charge in [-0.25, -0.2) is 9.59 Å². The molecule has 3 aromatic carbocycles. The van der Waals surface area contributed by atoms with Crippen molar-refractivity contribution in [3.8, 4) is 11.1 Å². The molecule has 0 spiro atoms. The van der Waals surface area contributed by atoms with Crippen molar-refractivity contribution in [1.29, 1.82) is 0 Å². The minimum atomic E-state index is -1.55. The van der Waals surface area contributed by atoms with Gasteiger partial charge >= 0.3 is 12.1 Å². The summed E-state index contributed by atoms with van der Waals surface area (Å²) in [4.78, 5) is 40.1. The van der Waals surface area contributed by atoms with E-state index in [1.807, 2.05) is 66.7 Å². The second-order valence-electron chi connectivity index (χ2n) is 10.6. The molecule has 2 aliphatic rings. The molecule has 0 aromatic heterocycles. The third-order valence-corrected chi connectivity index (χ3v) is 7.75. The van der Waals surface area contributed by atoms with Crippen LogP contribution in [0.2, 0.25) is 0 Å². The fourth-order valence-electron chi connectivity index (χ4n) is 5.43. The van der Waals surface area contributed by atoms with E-state index in [1.165, 1.54) is 11.8 Å². The number of carbonyl (C=O) groups is 3. The number of nitrogens with zero attached hydrogens (tertiary/aromatic N) is 1. The van der Waals surface area contributed by atoms with Gasteiger partial charge in [0.15, 0.2) is 5.60 Å². The highest BCUT2D eigenvalue weighted by molar-refractivity contribution is 5.87. The van der Waals surface area contributed by atoms with Crippen LogP contribution in [0.4, 0.5) is 4.79 Å². The molecule has 1 heterocycles. The first kappa shape index (κ1) is 28.3. The predicted octanol–water partition coefficient (Wildman–Crippen LogP) is 4.20. The number of hydrogen-bond donors (Lipinski definition) is 2. The molecular formula is C32H34N2O7. The van der Waals surface area contributed by atoms with Crippen molar-refractivity contribution in [1.82, 2.24) is 10.2 Å². The Morgan fingerprint density at radius 3 is 2.24 bits per heavy atom. The first-order chi connectivity index (χ1) is 19.8. The Morgan fingerprint density at radius 1 is 1.00 bits per heavy atom. The number of hydrogen-bond acceptors (Lipinski definition) is 6. The SMILES string of the molecule is CC(OCc1ccccc1)C(NC(=O)OCC1c2ccccc2-c2ccccc21)C(=O)N1CCOC(C)(C(=O)O)C1. The molecule has 1 aliphatic carbocycles. The van der Waals surface area contributed by atoms with Crippen molar-refractivity contribution in [3.05, 3.63) is 95.6 Å². The van der Waals surface area contributed by atoms with E-state index < -0.39 is 35.7 Å². The molecule has 1 saturated heterocycles. The highest BCUT2D eigenvalue weighted by Crippen LogP contribution is 2.44. The molecular weight excluding hydrogens is 524 g/mol. The standard InChI is InChI=1S/C32H34N2O7/c1-21(39-18-22-10-4-3-5-11-22)28(29(35)34-16-17-41-32(2,20-34)30(36)37)33-31(38)40-19-27-25-14-8-6-12-23(25)24-13-7-9-15-26(24)27/h3-15,21,27-28H,16-20H2,1-2H3,(H,33,38)(H,36,37). The molecule has 0 radical (unpaired) electrons. The highest BCUT2D eigenvalue weighted by Gasteiger charge is 2.43. The Kier molecular flexibility index (Phi) is 8.37. The number of amides is 2. The van der Waals surface area contributed by atoms with Gasteiger partial charge in [-0.3, -0.25) is 4.79 Å². The Balaban J connectivity index is 1.30. The summed E-state index contributed by atoms with van der Waals surface area (Å²) in [5.74, 6) is -1.76. The number of alkyl carbamates (subject to hydrolysis) is 1. The molecule has 9 heteroatoms. The number of nitrogens with one attached hydrogen (secondary N) is 1. The van der Waals surface area contributed by atoms with Gasteiger partial charge in [-0.05, 0) is 41.7 Å². The molecule has 0 bridgehead atoms. The fourth-order valence-corrected chi connectivity index (χ4v) is 5.43. The summed E-state index contributed by atoms with van der Waals surface area (Å²) in [5, 5.41) is 12.3. The van der Waals surface area contributed by atoms with Gasteiger partial charge in [-0.2, -0.15) is 0 Å². The monoisotopic (exact) mass is 558 g/mol. The summed E-state index contributed by atoms with van der Waals surface area (Å²) < 4.78 is 17.2. The van der Waals surface area contributed by atoms with E-state index in [9.17, 15) is 19.5 Å². The van der Waals surface area contributed by atoms with Crippen molar-refractivity contribution in [2.45, 2.75) is 44.1 Å². The summed E-state index contributed by atoms with van der Waals surface area (Å²) in [5.41, 5.74) is 3.75. The number of carbonyl (C=O) groups excluding carboxylic acids is 2. The van der Waals surface area contributed by atoms with Gasteiger partial charge in [0.25, 0.3) is 0 Å². The summed E-state index contributed by atoms with van der Waals surface area (Å²) in [6.45, 7) is 3.55. The highest BCUT2D eigenvalue weighted by atomic mass is 16.6. The topological polar surface area (TPSA) is 114 Å². The van der Waals surface area contributed by atoms with Crippen LogP contribution in [0.25, 0.3) is 11.1 Å². The van der Waals surface area contributed by atoms with Crippen LogP contribution in [0.15, 0.2) is 78.9 Å². The number of aliphatic carboxylic acids is 1. The molecule has 1 aliphatic heterocycles. The second kappa shape index (κ2) is 12.1. The van der Waals surface area contributed by atoms with Crippen molar-refractivity contribution in [2.75, 3.05) is 26.3 Å². The number of benzene rings is 3. The normalized spacial score (nSPS) is 19.5. The maximum Gasteiger partial charge on any atom is 0.407 e. The Bertz CT molecular complexity index is 1370. The molecule has 1 fully saturated rings. The summed E-state index contributed by atoms with van der Waals surface area (Å²) in [6.07, 6.45) is -1.49. The van der Waals surface area contributed by atoms with Gasteiger partial charge in [-0.15, -0.1) is 0 Å². The zero-order valence-electron chi connectivity index (χ0n) is 23.1. The summed E-state index contributed by atoms with van der Waals surface area (Å²) in [7, 11) is 0. The molecule has 214 valence electrons. The molecule has 41 heavy (non-hydrogen) atoms. The van der Waals surface area contributed by atoms with Crippen LogP contribution in [-0.2, 0) is 30.4 Å². The first-order valence-corrected chi connectivity index (χ1v) is 13.7. The zero-order chi connectivity index (χ0) is 29.0. The number of carboxylic acids is 1. The summed E-state index contributed by atoms with van der Waals surface area (Å²) in [6, 6.07) is 24.5. The zero-order valence-corrected chi connectivity index (χ0v) is 23.1. The Hall–Kier alpha value is -4.21. The Morgan fingerprint density at radius 2 is 1.61 bits per heavy atom. The fraction of sp³-hybridized carbons (Fsp3) is 0.344. The minimum Gasteiger partial charge on any atom is -0.479 e. The van der Waals surface area contributed by atoms with Crippen LogP contribution in [-0.4, -0.2) is 72.0 Å². The largest absolute Gasteiger partial charge is 0.479 e. The average Bonchev–Trinajstić information content (AvgIpc) is 3.31. The van der Waals surface area contributed by atoms with Crippen molar-refractivity contribution in [2.24, 2.45) is 0 Å². The van der Waals surface area contributed by atoms with Gasteiger partial charge in [-0.1, -0.05) is 78.9 Å². The number of rotatable bonds is 9. The summed E-state index contributed by atoms with van der Waals surface area (Å²) >= 11 is 0. The van der Waals surface area contributed by atoms with Gasteiger partial charge < -0.3 is 29.5 Å². The van der Waals surface area contributed by atoms with Gasteiger partial charge in [0.1, 0.15) is 12.6 Å². The molecule has 3 unspecified atom stereocenters. The van der Waals surface area contributed by atoms with Crippen molar-refractivity contribution >= 4 is 18.0 Å². The van der Waals surface area contributed by atoms with E-state index in [1.54, 1.807) is 6.92 Å². The van der Waals surface area contributed by atoms with Crippen LogP contribution in [0.3, 0.4) is 0 Å². The number of carboxylic acid groups (broad SMARTS) is 1. The van der Waals surface area contributed by atoms with E-state index >= 15 is 0 Å². The minimum absolute atomic E-state index is 0.0610. The van der Waals surface area contributed by atoms with Crippen molar-refractivity contribution < 1.29 is 33.7 Å². The molecule has 2 N–H and O–H groups in total. The lowest BCUT2D eigenvalue weighted by atomic mass is 9.98. The lowest BCUT2D eigenvalue weighted by molar-refractivity contribution is -0.178. The van der Waals surface area contributed by atoms with Crippen LogP contribution in [0, 0.1) is 0 Å². The Labute approximate surface area is 239 Å². The van der Waals surface area contributed by atoms with Gasteiger partial charge in [0.2, 0.25) is 5.91 Å². The maximum atomic E-state index is 13.7. The molecule has 9 nitrogen and oxygen atoms in total. The third-order valence-electron chi connectivity index (χ3n) is 7.75. The van der Waals surface area contributed by atoms with Crippen LogP contribution in [0.1, 0.15) is 36.5 Å². The first-order valence-electron chi connectivity index (χ1n) is 13.7. The quantitative estimate of drug-likeness (QED) is 0.405.